The number of rotatable bonds is 57. The molecular formula is C63H119NO5. The number of aliphatic hydroxyl groups excluding tert-OH is 2. The van der Waals surface area contributed by atoms with E-state index in [2.05, 4.69) is 55.6 Å². The van der Waals surface area contributed by atoms with E-state index in [-0.39, 0.29) is 18.5 Å². The van der Waals surface area contributed by atoms with E-state index in [4.69, 9.17) is 4.74 Å². The lowest BCUT2D eigenvalue weighted by Crippen LogP contribution is -2.45. The van der Waals surface area contributed by atoms with Crippen LogP contribution in [0.15, 0.2) is 36.5 Å². The van der Waals surface area contributed by atoms with Gasteiger partial charge in [-0.25, -0.2) is 0 Å². The normalized spacial score (nSPS) is 12.8. The molecule has 0 aromatic heterocycles. The molecular weight excluding hydrogens is 851 g/mol. The molecule has 0 bridgehead atoms. The first kappa shape index (κ1) is 67.1. The van der Waals surface area contributed by atoms with Crippen LogP contribution < -0.4 is 5.32 Å². The molecule has 1 amide bonds. The van der Waals surface area contributed by atoms with Crippen LogP contribution in [0.5, 0.6) is 0 Å². The van der Waals surface area contributed by atoms with Crippen LogP contribution in [0.25, 0.3) is 0 Å². The summed E-state index contributed by atoms with van der Waals surface area (Å²) >= 11 is 0. The molecule has 3 N–H and O–H groups in total. The molecule has 0 radical (unpaired) electrons. The van der Waals surface area contributed by atoms with Crippen molar-refractivity contribution >= 4 is 11.9 Å². The van der Waals surface area contributed by atoms with Crippen LogP contribution in [0.1, 0.15) is 328 Å². The molecule has 406 valence electrons. The van der Waals surface area contributed by atoms with Crippen LogP contribution in [0.3, 0.4) is 0 Å². The third-order valence-corrected chi connectivity index (χ3v) is 14.2. The third-order valence-electron chi connectivity index (χ3n) is 14.2. The number of carbonyl (C=O) groups is 2. The summed E-state index contributed by atoms with van der Waals surface area (Å²) in [4.78, 5) is 24.6. The van der Waals surface area contributed by atoms with E-state index < -0.39 is 12.1 Å². The fourth-order valence-corrected chi connectivity index (χ4v) is 9.45. The average molecular weight is 971 g/mol. The van der Waals surface area contributed by atoms with E-state index >= 15 is 0 Å². The van der Waals surface area contributed by atoms with Crippen molar-refractivity contribution in [1.82, 2.24) is 5.32 Å². The zero-order valence-electron chi connectivity index (χ0n) is 46.3. The Bertz CT molecular complexity index is 1120. The van der Waals surface area contributed by atoms with Crippen molar-refractivity contribution < 1.29 is 24.5 Å². The Labute approximate surface area is 430 Å². The van der Waals surface area contributed by atoms with Crippen LogP contribution in [-0.4, -0.2) is 47.4 Å². The molecule has 2 atom stereocenters. The highest BCUT2D eigenvalue weighted by Gasteiger charge is 2.20. The molecule has 6 nitrogen and oxygen atoms in total. The first-order valence-electron chi connectivity index (χ1n) is 30.8. The van der Waals surface area contributed by atoms with E-state index in [1.54, 1.807) is 0 Å². The monoisotopic (exact) mass is 970 g/mol. The first-order valence-corrected chi connectivity index (χ1v) is 30.8. The number of hydrogen-bond acceptors (Lipinski definition) is 5. The molecule has 2 unspecified atom stereocenters. The van der Waals surface area contributed by atoms with Gasteiger partial charge in [-0.2, -0.15) is 0 Å². The maximum Gasteiger partial charge on any atom is 0.305 e. The second-order valence-electron chi connectivity index (χ2n) is 21.1. The van der Waals surface area contributed by atoms with E-state index in [9.17, 15) is 19.8 Å². The molecule has 0 saturated carbocycles. The van der Waals surface area contributed by atoms with Gasteiger partial charge in [-0.05, 0) is 83.5 Å². The van der Waals surface area contributed by atoms with E-state index in [0.29, 0.717) is 25.9 Å². The Kier molecular flexibility index (Phi) is 57.0. The molecule has 0 aliphatic rings. The zero-order valence-corrected chi connectivity index (χ0v) is 46.3. The molecule has 0 aliphatic carbocycles. The van der Waals surface area contributed by atoms with Crippen molar-refractivity contribution in [2.45, 2.75) is 341 Å². The van der Waals surface area contributed by atoms with Gasteiger partial charge in [0.05, 0.1) is 25.4 Å². The topological polar surface area (TPSA) is 95.9 Å². The smallest absolute Gasteiger partial charge is 0.305 e. The zero-order chi connectivity index (χ0) is 50.0. The largest absolute Gasteiger partial charge is 0.466 e. The molecule has 6 heteroatoms. The Balaban J connectivity index is 3.50. The fourth-order valence-electron chi connectivity index (χ4n) is 9.45. The minimum Gasteiger partial charge on any atom is -0.466 e. The van der Waals surface area contributed by atoms with Crippen LogP contribution in [0.2, 0.25) is 0 Å². The number of carbonyl (C=O) groups excluding carboxylic acids is 2. The molecule has 0 aliphatic heterocycles. The SMILES string of the molecule is CCCCCCCC/C=C\CCCCCCCCCC(=O)OCCCCC/C=C\C=C/CCCCCCCCC(=O)NC(CO)C(O)CCCCCCCCCCCCCCCCCCCCCC. The summed E-state index contributed by atoms with van der Waals surface area (Å²) in [6.45, 7) is 4.91. The standard InChI is InChI=1S/C63H119NO5/c1-3-5-7-9-11-13-15-17-19-21-22-23-25-27-31-35-39-43-47-51-55-61(66)60(59-65)64-62(67)56-52-48-44-40-36-32-28-26-30-34-38-42-46-50-54-58-69-63(68)57-53-49-45-41-37-33-29-24-20-18-16-14-12-10-8-6-4-2/h18,20,26,30,34,38,60-61,65-66H,3-17,19,21-25,27-29,31-33,35-37,39-59H2,1-2H3,(H,64,67)/b20-18-,30-26-,38-34-. The molecule has 0 heterocycles. The number of aliphatic hydroxyl groups is 2. The predicted octanol–water partition coefficient (Wildman–Crippen LogP) is 19.2. The fraction of sp³-hybridized carbons (Fsp3) is 0.873. The van der Waals surface area contributed by atoms with Crippen molar-refractivity contribution in [2.75, 3.05) is 13.2 Å². The molecule has 69 heavy (non-hydrogen) atoms. The highest BCUT2D eigenvalue weighted by molar-refractivity contribution is 5.76. The van der Waals surface area contributed by atoms with Gasteiger partial charge >= 0.3 is 5.97 Å². The Morgan fingerprint density at radius 2 is 0.725 bits per heavy atom. The van der Waals surface area contributed by atoms with Gasteiger partial charge in [-0.15, -0.1) is 0 Å². The lowest BCUT2D eigenvalue weighted by Gasteiger charge is -2.22. The van der Waals surface area contributed by atoms with E-state index in [0.717, 1.165) is 77.0 Å². The number of nitrogens with one attached hydrogen (secondary N) is 1. The van der Waals surface area contributed by atoms with Gasteiger partial charge in [0.25, 0.3) is 0 Å². The van der Waals surface area contributed by atoms with Crippen molar-refractivity contribution in [3.63, 3.8) is 0 Å². The number of amides is 1. The van der Waals surface area contributed by atoms with Gasteiger partial charge in [0.2, 0.25) is 5.91 Å². The summed E-state index contributed by atoms with van der Waals surface area (Å²) < 4.78 is 5.46. The van der Waals surface area contributed by atoms with Gasteiger partial charge < -0.3 is 20.3 Å². The van der Waals surface area contributed by atoms with Crippen molar-refractivity contribution in [1.29, 1.82) is 0 Å². The number of hydrogen-bond donors (Lipinski definition) is 3. The molecule has 0 aromatic rings. The molecule has 0 fully saturated rings. The summed E-state index contributed by atoms with van der Waals surface area (Å²) in [6.07, 6.45) is 72.9. The molecule has 0 rings (SSSR count). The third kappa shape index (κ3) is 55.2. The summed E-state index contributed by atoms with van der Waals surface area (Å²) in [5.74, 6) is -0.0798. The highest BCUT2D eigenvalue weighted by atomic mass is 16.5. The summed E-state index contributed by atoms with van der Waals surface area (Å²) in [5.41, 5.74) is 0. The number of ether oxygens (including phenoxy) is 1. The van der Waals surface area contributed by atoms with Gasteiger partial charge in [0, 0.05) is 12.8 Å². The number of esters is 1. The second-order valence-corrected chi connectivity index (χ2v) is 21.1. The van der Waals surface area contributed by atoms with E-state index in [1.807, 2.05) is 0 Å². The lowest BCUT2D eigenvalue weighted by molar-refractivity contribution is -0.143. The predicted molar refractivity (Wildman–Crippen MR) is 301 cm³/mol. The Morgan fingerprint density at radius 3 is 1.12 bits per heavy atom. The van der Waals surface area contributed by atoms with Crippen LogP contribution in [0, 0.1) is 0 Å². The Hall–Kier alpha value is -1.92. The van der Waals surface area contributed by atoms with Crippen molar-refractivity contribution in [3.8, 4) is 0 Å². The van der Waals surface area contributed by atoms with Crippen molar-refractivity contribution in [3.05, 3.63) is 36.5 Å². The second kappa shape index (κ2) is 58.6. The maximum atomic E-state index is 12.5. The summed E-state index contributed by atoms with van der Waals surface area (Å²) in [7, 11) is 0. The first-order chi connectivity index (χ1) is 34.0. The lowest BCUT2D eigenvalue weighted by atomic mass is 10.0. The Morgan fingerprint density at radius 1 is 0.406 bits per heavy atom. The molecule has 0 saturated heterocycles. The van der Waals surface area contributed by atoms with Gasteiger partial charge in [-0.3, -0.25) is 9.59 Å². The minimum absolute atomic E-state index is 0.0245. The molecule has 0 spiro atoms. The van der Waals surface area contributed by atoms with Gasteiger partial charge in [-0.1, -0.05) is 269 Å². The van der Waals surface area contributed by atoms with Crippen LogP contribution in [-0.2, 0) is 14.3 Å². The minimum atomic E-state index is -0.680. The maximum absolute atomic E-state index is 12.5. The summed E-state index contributed by atoms with van der Waals surface area (Å²) in [5, 5.41) is 23.3. The van der Waals surface area contributed by atoms with Crippen molar-refractivity contribution in [2.24, 2.45) is 0 Å². The quantitative estimate of drug-likeness (QED) is 0.0244. The molecule has 0 aromatic carbocycles. The average Bonchev–Trinajstić information content (AvgIpc) is 3.35. The van der Waals surface area contributed by atoms with E-state index in [1.165, 1.54) is 218 Å². The van der Waals surface area contributed by atoms with Gasteiger partial charge in [0.1, 0.15) is 0 Å². The number of unbranched alkanes of at least 4 members (excludes halogenated alkanes) is 41. The van der Waals surface area contributed by atoms with Crippen LogP contribution >= 0.6 is 0 Å². The highest BCUT2D eigenvalue weighted by Crippen LogP contribution is 2.17. The van der Waals surface area contributed by atoms with Gasteiger partial charge in [0.15, 0.2) is 0 Å². The van der Waals surface area contributed by atoms with Crippen LogP contribution in [0.4, 0.5) is 0 Å². The number of allylic oxidation sites excluding steroid dienone is 6. The summed E-state index contributed by atoms with van der Waals surface area (Å²) in [6, 6.07) is -0.559.